The number of aryl methyl sites for hydroxylation is 1. The zero-order chi connectivity index (χ0) is 23.3. The second kappa shape index (κ2) is 10.5. The lowest BCUT2D eigenvalue weighted by Gasteiger charge is -2.16. The Labute approximate surface area is 191 Å². The van der Waals surface area contributed by atoms with E-state index in [-0.39, 0.29) is 5.56 Å². The normalized spacial score (nSPS) is 15.0. The molecular formula is C23H27ClN4O4. The first-order chi connectivity index (χ1) is 15.3. The molecule has 0 spiro atoms. The van der Waals surface area contributed by atoms with Gasteiger partial charge >= 0.3 is 12.0 Å². The Balaban J connectivity index is 1.99. The molecule has 8 nitrogen and oxygen atoms in total. The van der Waals surface area contributed by atoms with Gasteiger partial charge < -0.3 is 9.67 Å². The molecule has 0 bridgehead atoms. The van der Waals surface area contributed by atoms with Gasteiger partial charge in [-0.15, -0.1) is 0 Å². The fourth-order valence-corrected chi connectivity index (χ4v) is 3.76. The molecule has 3 amide bonds. The number of urea groups is 1. The van der Waals surface area contributed by atoms with Crippen LogP contribution in [0.2, 0.25) is 5.02 Å². The molecule has 1 aromatic carbocycles. The van der Waals surface area contributed by atoms with E-state index in [9.17, 15) is 19.5 Å². The van der Waals surface area contributed by atoms with Crippen LogP contribution < -0.4 is 5.32 Å². The summed E-state index contributed by atoms with van der Waals surface area (Å²) < 4.78 is 1.96. The van der Waals surface area contributed by atoms with Gasteiger partial charge in [-0.2, -0.15) is 0 Å². The van der Waals surface area contributed by atoms with Gasteiger partial charge in [0.25, 0.3) is 5.91 Å². The van der Waals surface area contributed by atoms with Crippen molar-refractivity contribution in [2.75, 3.05) is 6.54 Å². The van der Waals surface area contributed by atoms with Gasteiger partial charge in [0.15, 0.2) is 0 Å². The van der Waals surface area contributed by atoms with Crippen LogP contribution in [0.5, 0.6) is 0 Å². The third-order valence-corrected chi connectivity index (χ3v) is 5.71. The van der Waals surface area contributed by atoms with Gasteiger partial charge in [-0.05, 0) is 36.6 Å². The maximum atomic E-state index is 12.4. The van der Waals surface area contributed by atoms with Gasteiger partial charge in [0.05, 0.1) is 24.0 Å². The Hall–Kier alpha value is -3.13. The van der Waals surface area contributed by atoms with Crippen LogP contribution in [0.15, 0.2) is 30.1 Å². The van der Waals surface area contributed by atoms with Gasteiger partial charge in [-0.1, -0.05) is 44.4 Å². The lowest BCUT2D eigenvalue weighted by Crippen LogP contribution is -2.28. The van der Waals surface area contributed by atoms with Crippen LogP contribution >= 0.6 is 11.6 Å². The van der Waals surface area contributed by atoms with Crippen molar-refractivity contribution in [1.29, 1.82) is 0 Å². The van der Waals surface area contributed by atoms with Crippen LogP contribution in [0, 0.1) is 0 Å². The summed E-state index contributed by atoms with van der Waals surface area (Å²) in [5, 5.41) is 11.9. The fourth-order valence-electron chi connectivity index (χ4n) is 3.52. The predicted molar refractivity (Wildman–Crippen MR) is 121 cm³/mol. The molecule has 1 aliphatic heterocycles. The number of carboxylic acid groups (broad SMARTS) is 1. The van der Waals surface area contributed by atoms with Crippen molar-refractivity contribution in [3.05, 3.63) is 57.8 Å². The number of unbranched alkanes of at least 4 members (excludes halogenated alkanes) is 2. The Morgan fingerprint density at radius 3 is 2.62 bits per heavy atom. The number of carbonyl (C=O) groups excluding carboxylic acids is 2. The molecule has 1 saturated heterocycles. The minimum atomic E-state index is -1.04. The minimum absolute atomic E-state index is 0.116. The number of hydrogen-bond acceptors (Lipinski definition) is 4. The lowest BCUT2D eigenvalue weighted by atomic mass is 10.1. The monoisotopic (exact) mass is 458 g/mol. The molecule has 2 heterocycles. The number of benzene rings is 1. The number of nitrogens with zero attached hydrogens (tertiary/aromatic N) is 3. The van der Waals surface area contributed by atoms with Gasteiger partial charge in [-0.25, -0.2) is 14.6 Å². The first-order valence-corrected chi connectivity index (χ1v) is 11.1. The number of rotatable bonds is 10. The zero-order valence-corrected chi connectivity index (χ0v) is 19.0. The molecule has 2 aromatic rings. The molecule has 1 aromatic heterocycles. The maximum absolute atomic E-state index is 12.4. The highest BCUT2D eigenvalue weighted by molar-refractivity contribution is 6.31. The maximum Gasteiger partial charge on any atom is 0.335 e. The number of carbonyl (C=O) groups is 3. The quantitative estimate of drug-likeness (QED) is 0.407. The lowest BCUT2D eigenvalue weighted by molar-refractivity contribution is -0.116. The molecule has 3 rings (SSSR count). The number of aromatic carboxylic acids is 1. The van der Waals surface area contributed by atoms with E-state index in [4.69, 9.17) is 11.6 Å². The Morgan fingerprint density at radius 2 is 1.97 bits per heavy atom. The number of imide groups is 1. The van der Waals surface area contributed by atoms with Crippen LogP contribution in [0.25, 0.3) is 6.08 Å². The van der Waals surface area contributed by atoms with Crippen molar-refractivity contribution in [2.45, 2.75) is 52.5 Å². The number of nitrogens with one attached hydrogen (secondary N) is 1. The first kappa shape index (κ1) is 23.5. The molecule has 32 heavy (non-hydrogen) atoms. The Kier molecular flexibility index (Phi) is 7.69. The molecule has 170 valence electrons. The molecular weight excluding hydrogens is 432 g/mol. The molecule has 2 N–H and O–H groups in total. The summed E-state index contributed by atoms with van der Waals surface area (Å²) >= 11 is 6.36. The molecule has 0 saturated carbocycles. The average molecular weight is 459 g/mol. The van der Waals surface area contributed by atoms with E-state index in [0.29, 0.717) is 29.5 Å². The summed E-state index contributed by atoms with van der Waals surface area (Å²) in [5.41, 5.74) is 1.82. The number of aromatic nitrogens is 2. The molecule has 0 atom stereocenters. The van der Waals surface area contributed by atoms with Gasteiger partial charge in [0, 0.05) is 18.0 Å². The average Bonchev–Trinajstić information content (AvgIpc) is 3.25. The standard InChI is InChI=1S/C23H27ClN4O4/c1-3-5-7-20-25-13-17(12-19-21(29)26-23(32)27(19)10-6-4-2)28(20)14-16-9-8-15(22(30)31)11-18(16)24/h8-9,11-13H,3-7,10,14H2,1-2H3,(H,30,31)(H,26,29,32). The van der Waals surface area contributed by atoms with Crippen LogP contribution in [0.1, 0.15) is 67.0 Å². The number of halogens is 1. The summed E-state index contributed by atoms with van der Waals surface area (Å²) in [6, 6.07) is 4.21. The fraction of sp³-hybridized carbons (Fsp3) is 0.391. The van der Waals surface area contributed by atoms with Crippen molar-refractivity contribution in [3.63, 3.8) is 0 Å². The smallest absolute Gasteiger partial charge is 0.335 e. The Bertz CT molecular complexity index is 1060. The first-order valence-electron chi connectivity index (χ1n) is 10.8. The third-order valence-electron chi connectivity index (χ3n) is 5.36. The van der Waals surface area contributed by atoms with Crippen molar-refractivity contribution >= 4 is 35.6 Å². The van der Waals surface area contributed by atoms with E-state index in [1.54, 1.807) is 18.3 Å². The van der Waals surface area contributed by atoms with E-state index in [0.717, 1.165) is 43.5 Å². The van der Waals surface area contributed by atoms with Gasteiger partial charge in [-0.3, -0.25) is 15.0 Å². The second-order valence-corrected chi connectivity index (χ2v) is 8.10. The van der Waals surface area contributed by atoms with E-state index >= 15 is 0 Å². The van der Waals surface area contributed by atoms with Crippen LogP contribution in [-0.4, -0.2) is 44.0 Å². The molecule has 0 aliphatic carbocycles. The number of amides is 3. The van der Waals surface area contributed by atoms with E-state index in [1.165, 1.54) is 17.0 Å². The molecule has 1 aliphatic rings. The summed E-state index contributed by atoms with van der Waals surface area (Å²) in [7, 11) is 0. The summed E-state index contributed by atoms with van der Waals surface area (Å²) in [4.78, 5) is 41.8. The molecule has 1 fully saturated rings. The van der Waals surface area contributed by atoms with E-state index in [1.807, 2.05) is 11.5 Å². The molecule has 0 radical (unpaired) electrons. The summed E-state index contributed by atoms with van der Waals surface area (Å²) in [6.07, 6.45) is 7.73. The molecule has 0 unspecified atom stereocenters. The second-order valence-electron chi connectivity index (χ2n) is 7.69. The number of imidazole rings is 1. The number of carboxylic acids is 1. The molecule has 9 heteroatoms. The topological polar surface area (TPSA) is 105 Å². The van der Waals surface area contributed by atoms with Crippen molar-refractivity contribution in [3.8, 4) is 0 Å². The highest BCUT2D eigenvalue weighted by Gasteiger charge is 2.32. The third kappa shape index (κ3) is 5.19. The number of hydrogen-bond donors (Lipinski definition) is 2. The van der Waals surface area contributed by atoms with Crippen LogP contribution in [0.4, 0.5) is 4.79 Å². The van der Waals surface area contributed by atoms with Crippen LogP contribution in [-0.2, 0) is 17.8 Å². The van der Waals surface area contributed by atoms with Crippen molar-refractivity contribution in [2.24, 2.45) is 0 Å². The van der Waals surface area contributed by atoms with Crippen molar-refractivity contribution < 1.29 is 19.5 Å². The van der Waals surface area contributed by atoms with Gasteiger partial charge in [0.1, 0.15) is 11.5 Å². The highest BCUT2D eigenvalue weighted by atomic mass is 35.5. The SMILES string of the molecule is CCCCc1ncc(C=C2C(=O)NC(=O)N2CCCC)n1Cc1ccc(C(=O)O)cc1Cl. The van der Waals surface area contributed by atoms with Gasteiger partial charge in [0.2, 0.25) is 0 Å². The van der Waals surface area contributed by atoms with Crippen LogP contribution in [0.3, 0.4) is 0 Å². The van der Waals surface area contributed by atoms with E-state index < -0.39 is 17.9 Å². The Morgan fingerprint density at radius 1 is 1.22 bits per heavy atom. The highest BCUT2D eigenvalue weighted by Crippen LogP contribution is 2.24. The van der Waals surface area contributed by atoms with E-state index in [2.05, 4.69) is 17.2 Å². The zero-order valence-electron chi connectivity index (χ0n) is 18.2. The summed E-state index contributed by atoms with van der Waals surface area (Å²) in [6.45, 7) is 4.94. The predicted octanol–water partition coefficient (Wildman–Crippen LogP) is 4.32. The van der Waals surface area contributed by atoms with Crippen molar-refractivity contribution in [1.82, 2.24) is 19.8 Å². The summed E-state index contributed by atoms with van der Waals surface area (Å²) in [5.74, 6) is -0.640. The largest absolute Gasteiger partial charge is 0.478 e. The minimum Gasteiger partial charge on any atom is -0.478 e.